The van der Waals surface area contributed by atoms with Gasteiger partial charge in [0.2, 0.25) is 0 Å². The van der Waals surface area contributed by atoms with Gasteiger partial charge in [0.25, 0.3) is 0 Å². The van der Waals surface area contributed by atoms with Gasteiger partial charge in [0.1, 0.15) is 0 Å². The van der Waals surface area contributed by atoms with Crippen molar-refractivity contribution in [1.82, 2.24) is 0 Å². The molecule has 0 unspecified atom stereocenters. The van der Waals surface area contributed by atoms with Crippen LogP contribution in [0.1, 0.15) is 64.5 Å². The second-order valence-corrected chi connectivity index (χ2v) is 6.87. The maximum absolute atomic E-state index is 2.40. The number of rotatable bonds is 10. The number of nitrogens with zero attached hydrogens (tertiary/aromatic N) is 2. The minimum Gasteiger partial charge on any atom is -0.372 e. The SMILES string of the molecule is CCCC(c1ccc(N(CC)CC)cc1)c1ccc(N(CC)CC)cc1. The Morgan fingerprint density at radius 2 is 0.923 bits per heavy atom. The van der Waals surface area contributed by atoms with Crippen molar-refractivity contribution in [2.75, 3.05) is 36.0 Å². The van der Waals surface area contributed by atoms with Gasteiger partial charge in [-0.15, -0.1) is 0 Å². The van der Waals surface area contributed by atoms with Crippen LogP contribution in [-0.4, -0.2) is 26.2 Å². The second kappa shape index (κ2) is 10.3. The second-order valence-electron chi connectivity index (χ2n) is 6.87. The van der Waals surface area contributed by atoms with E-state index in [0.29, 0.717) is 5.92 Å². The molecular weight excluding hydrogens is 316 g/mol. The van der Waals surface area contributed by atoms with E-state index in [1.54, 1.807) is 0 Å². The quantitative estimate of drug-likeness (QED) is 0.494. The Bertz CT molecular complexity index is 567. The predicted octanol–water partition coefficient (Wildman–Crippen LogP) is 6.31. The van der Waals surface area contributed by atoms with Crippen molar-refractivity contribution in [2.45, 2.75) is 53.4 Å². The topological polar surface area (TPSA) is 6.48 Å². The Morgan fingerprint density at radius 3 is 1.19 bits per heavy atom. The lowest BCUT2D eigenvalue weighted by Crippen LogP contribution is -2.21. The van der Waals surface area contributed by atoms with Gasteiger partial charge in [0, 0.05) is 43.5 Å². The first-order valence-corrected chi connectivity index (χ1v) is 10.4. The lowest BCUT2D eigenvalue weighted by molar-refractivity contribution is 0.698. The van der Waals surface area contributed by atoms with Gasteiger partial charge in [0.15, 0.2) is 0 Å². The molecule has 0 radical (unpaired) electrons. The molecule has 0 amide bonds. The van der Waals surface area contributed by atoms with Crippen LogP contribution in [0.25, 0.3) is 0 Å². The molecule has 0 aliphatic carbocycles. The van der Waals surface area contributed by atoms with E-state index in [9.17, 15) is 0 Å². The van der Waals surface area contributed by atoms with E-state index >= 15 is 0 Å². The minimum absolute atomic E-state index is 0.483. The summed E-state index contributed by atoms with van der Waals surface area (Å²) < 4.78 is 0. The van der Waals surface area contributed by atoms with E-state index in [4.69, 9.17) is 0 Å². The van der Waals surface area contributed by atoms with E-state index in [1.165, 1.54) is 35.3 Å². The van der Waals surface area contributed by atoms with Crippen molar-refractivity contribution in [3.05, 3.63) is 59.7 Å². The maximum atomic E-state index is 2.40. The fraction of sp³-hybridized carbons (Fsp3) is 0.500. The normalized spacial score (nSPS) is 11.0. The monoisotopic (exact) mass is 352 g/mol. The third kappa shape index (κ3) is 4.81. The van der Waals surface area contributed by atoms with Crippen LogP contribution in [0, 0.1) is 0 Å². The van der Waals surface area contributed by atoms with Crippen molar-refractivity contribution < 1.29 is 0 Å². The van der Waals surface area contributed by atoms with Crippen LogP contribution in [0.2, 0.25) is 0 Å². The summed E-state index contributed by atoms with van der Waals surface area (Å²) in [5, 5.41) is 0. The first kappa shape index (κ1) is 20.4. The summed E-state index contributed by atoms with van der Waals surface area (Å²) in [4.78, 5) is 4.80. The molecule has 2 nitrogen and oxygen atoms in total. The number of hydrogen-bond donors (Lipinski definition) is 0. The third-order valence-electron chi connectivity index (χ3n) is 5.43. The van der Waals surface area contributed by atoms with Gasteiger partial charge in [-0.25, -0.2) is 0 Å². The molecule has 0 atom stereocenters. The molecule has 0 saturated carbocycles. The van der Waals surface area contributed by atoms with Gasteiger partial charge in [-0.05, 0) is 69.5 Å². The van der Waals surface area contributed by atoms with Crippen molar-refractivity contribution in [1.29, 1.82) is 0 Å². The molecule has 0 N–H and O–H groups in total. The van der Waals surface area contributed by atoms with E-state index in [1.807, 2.05) is 0 Å². The Kier molecular flexibility index (Phi) is 8.03. The lowest BCUT2D eigenvalue weighted by Gasteiger charge is -2.24. The lowest BCUT2D eigenvalue weighted by atomic mass is 9.87. The van der Waals surface area contributed by atoms with Crippen LogP contribution in [0.4, 0.5) is 11.4 Å². The van der Waals surface area contributed by atoms with Gasteiger partial charge < -0.3 is 9.80 Å². The minimum atomic E-state index is 0.483. The summed E-state index contributed by atoms with van der Waals surface area (Å²) in [6, 6.07) is 18.5. The highest BCUT2D eigenvalue weighted by Gasteiger charge is 2.14. The highest BCUT2D eigenvalue weighted by atomic mass is 15.1. The van der Waals surface area contributed by atoms with Crippen molar-refractivity contribution in [3.8, 4) is 0 Å². The largest absolute Gasteiger partial charge is 0.372 e. The average molecular weight is 353 g/mol. The molecule has 0 spiro atoms. The van der Waals surface area contributed by atoms with Crippen molar-refractivity contribution in [2.24, 2.45) is 0 Å². The molecule has 0 heterocycles. The Balaban J connectivity index is 2.25. The molecule has 2 heteroatoms. The van der Waals surface area contributed by atoms with Crippen LogP contribution in [-0.2, 0) is 0 Å². The van der Waals surface area contributed by atoms with Gasteiger partial charge in [0.05, 0.1) is 0 Å². The number of hydrogen-bond acceptors (Lipinski definition) is 2. The van der Waals surface area contributed by atoms with E-state index in [-0.39, 0.29) is 0 Å². The van der Waals surface area contributed by atoms with E-state index in [0.717, 1.165) is 26.2 Å². The molecule has 2 aromatic carbocycles. The molecule has 26 heavy (non-hydrogen) atoms. The van der Waals surface area contributed by atoms with Gasteiger partial charge in [-0.2, -0.15) is 0 Å². The number of anilines is 2. The summed E-state index contributed by atoms with van der Waals surface area (Å²) in [6.45, 7) is 15.4. The highest BCUT2D eigenvalue weighted by Crippen LogP contribution is 2.31. The maximum Gasteiger partial charge on any atom is 0.0366 e. The molecule has 0 aliphatic heterocycles. The summed E-state index contributed by atoms with van der Waals surface area (Å²) in [5.74, 6) is 0.483. The summed E-state index contributed by atoms with van der Waals surface area (Å²) in [7, 11) is 0. The van der Waals surface area contributed by atoms with Crippen LogP contribution in [0.3, 0.4) is 0 Å². The zero-order valence-corrected chi connectivity index (χ0v) is 17.3. The van der Waals surface area contributed by atoms with E-state index in [2.05, 4.69) is 92.9 Å². The molecule has 0 aromatic heterocycles. The molecule has 2 aromatic rings. The summed E-state index contributed by atoms with van der Waals surface area (Å²) in [5.41, 5.74) is 5.51. The average Bonchev–Trinajstić information content (AvgIpc) is 2.69. The van der Waals surface area contributed by atoms with E-state index < -0.39 is 0 Å². The fourth-order valence-electron chi connectivity index (χ4n) is 3.83. The predicted molar refractivity (Wildman–Crippen MR) is 117 cm³/mol. The Labute approximate surface area is 160 Å². The summed E-state index contributed by atoms with van der Waals surface area (Å²) >= 11 is 0. The smallest absolute Gasteiger partial charge is 0.0366 e. The molecule has 2 rings (SSSR count). The third-order valence-corrected chi connectivity index (χ3v) is 5.43. The van der Waals surface area contributed by atoms with Gasteiger partial charge in [-0.1, -0.05) is 37.6 Å². The molecule has 0 fully saturated rings. The molecule has 0 saturated heterocycles. The van der Waals surface area contributed by atoms with Gasteiger partial charge in [-0.3, -0.25) is 0 Å². The summed E-state index contributed by atoms with van der Waals surface area (Å²) in [6.07, 6.45) is 2.38. The zero-order valence-electron chi connectivity index (χ0n) is 17.3. The van der Waals surface area contributed by atoms with Crippen molar-refractivity contribution in [3.63, 3.8) is 0 Å². The Morgan fingerprint density at radius 1 is 0.577 bits per heavy atom. The van der Waals surface area contributed by atoms with Crippen LogP contribution in [0.15, 0.2) is 48.5 Å². The zero-order chi connectivity index (χ0) is 18.9. The molecule has 0 aliphatic rings. The molecule has 0 bridgehead atoms. The van der Waals surface area contributed by atoms with Crippen LogP contribution in [0.5, 0.6) is 0 Å². The first-order valence-electron chi connectivity index (χ1n) is 10.4. The first-order chi connectivity index (χ1) is 12.7. The highest BCUT2D eigenvalue weighted by molar-refractivity contribution is 5.51. The van der Waals surface area contributed by atoms with Crippen molar-refractivity contribution >= 4 is 11.4 Å². The standard InChI is InChI=1S/C24H36N2/c1-6-11-24(20-12-16-22(17-13-20)25(7-2)8-3)21-14-18-23(19-15-21)26(9-4)10-5/h12-19,24H,6-11H2,1-5H3. The number of benzene rings is 2. The fourth-order valence-corrected chi connectivity index (χ4v) is 3.83. The molecule has 142 valence electrons. The van der Waals surface area contributed by atoms with Gasteiger partial charge >= 0.3 is 0 Å². The molecular formula is C24H36N2. The van der Waals surface area contributed by atoms with Crippen LogP contribution >= 0.6 is 0 Å². The van der Waals surface area contributed by atoms with Crippen LogP contribution < -0.4 is 9.80 Å². The Hall–Kier alpha value is -1.96.